The van der Waals surface area contributed by atoms with Crippen molar-refractivity contribution in [3.05, 3.63) is 24.5 Å². The van der Waals surface area contributed by atoms with Crippen LogP contribution >= 0.6 is 0 Å². The fraction of sp³-hybridized carbons (Fsp3) is 0.737. The van der Waals surface area contributed by atoms with E-state index in [1.807, 2.05) is 12.4 Å². The molecule has 2 atom stereocenters. The summed E-state index contributed by atoms with van der Waals surface area (Å²) in [6, 6.07) is 4.61. The summed E-state index contributed by atoms with van der Waals surface area (Å²) in [7, 11) is 2.20. The molecule has 2 fully saturated rings. The Hall–Kier alpha value is -1.13. The van der Waals surface area contributed by atoms with Gasteiger partial charge in [-0.25, -0.2) is 0 Å². The van der Waals surface area contributed by atoms with Gasteiger partial charge in [0.1, 0.15) is 0 Å². The van der Waals surface area contributed by atoms with Crippen LogP contribution in [0.1, 0.15) is 44.9 Å². The van der Waals surface area contributed by atoms with Crippen molar-refractivity contribution >= 4 is 5.69 Å². The van der Waals surface area contributed by atoms with Crippen LogP contribution in [0.3, 0.4) is 0 Å². The summed E-state index contributed by atoms with van der Waals surface area (Å²) in [5, 5.41) is 10.2. The lowest BCUT2D eigenvalue weighted by Crippen LogP contribution is -2.44. The van der Waals surface area contributed by atoms with E-state index in [4.69, 9.17) is 0 Å². The number of hydrogen-bond donors (Lipinski definition) is 1. The van der Waals surface area contributed by atoms with Crippen LogP contribution in [0.15, 0.2) is 24.5 Å². The summed E-state index contributed by atoms with van der Waals surface area (Å²) in [6.07, 6.45) is 12.1. The van der Waals surface area contributed by atoms with Gasteiger partial charge in [-0.1, -0.05) is 12.8 Å². The van der Waals surface area contributed by atoms with Gasteiger partial charge in [0.2, 0.25) is 0 Å². The topological polar surface area (TPSA) is 39.6 Å². The zero-order valence-corrected chi connectivity index (χ0v) is 14.4. The molecule has 1 aromatic rings. The van der Waals surface area contributed by atoms with Gasteiger partial charge >= 0.3 is 0 Å². The molecule has 4 heteroatoms. The average Bonchev–Trinajstić information content (AvgIpc) is 2.61. The number of aromatic nitrogens is 1. The minimum absolute atomic E-state index is 0.109. The van der Waals surface area contributed by atoms with Crippen molar-refractivity contribution in [2.24, 2.45) is 5.92 Å². The van der Waals surface area contributed by atoms with Crippen molar-refractivity contribution in [1.29, 1.82) is 0 Å². The molecule has 2 heterocycles. The zero-order chi connectivity index (χ0) is 16.1. The first-order chi connectivity index (χ1) is 11.2. The highest BCUT2D eigenvalue weighted by molar-refractivity contribution is 5.44. The van der Waals surface area contributed by atoms with E-state index >= 15 is 0 Å². The van der Waals surface area contributed by atoms with E-state index in [0.717, 1.165) is 38.4 Å². The summed E-state index contributed by atoms with van der Waals surface area (Å²) in [4.78, 5) is 9.00. The first-order valence-electron chi connectivity index (χ1n) is 9.27. The molecule has 1 aromatic heterocycles. The van der Waals surface area contributed by atoms with E-state index in [0.29, 0.717) is 6.04 Å². The predicted octanol–water partition coefficient (Wildman–Crippen LogP) is 2.92. The van der Waals surface area contributed by atoms with Crippen molar-refractivity contribution in [3.8, 4) is 0 Å². The number of aliphatic hydroxyl groups excluding tert-OH is 1. The van der Waals surface area contributed by atoms with Gasteiger partial charge in [0, 0.05) is 37.2 Å². The molecule has 128 valence electrons. The lowest BCUT2D eigenvalue weighted by Gasteiger charge is -2.37. The second-order valence-electron chi connectivity index (χ2n) is 7.32. The van der Waals surface area contributed by atoms with Crippen LogP contribution in [0, 0.1) is 5.92 Å². The summed E-state index contributed by atoms with van der Waals surface area (Å²) in [5.74, 6) is 0.830. The van der Waals surface area contributed by atoms with Gasteiger partial charge in [-0.3, -0.25) is 4.98 Å². The molecule has 0 bridgehead atoms. The van der Waals surface area contributed by atoms with E-state index in [9.17, 15) is 5.11 Å². The van der Waals surface area contributed by atoms with Crippen LogP contribution in [0.25, 0.3) is 0 Å². The molecule has 1 saturated heterocycles. The molecule has 1 saturated carbocycles. The fourth-order valence-electron chi connectivity index (χ4n) is 4.19. The van der Waals surface area contributed by atoms with Crippen LogP contribution < -0.4 is 4.90 Å². The summed E-state index contributed by atoms with van der Waals surface area (Å²) in [5.41, 5.74) is 1.31. The van der Waals surface area contributed by atoms with E-state index in [1.165, 1.54) is 37.8 Å². The molecule has 3 rings (SSSR count). The molecule has 1 aliphatic heterocycles. The molecule has 2 aliphatic rings. The van der Waals surface area contributed by atoms with Crippen molar-refractivity contribution in [1.82, 2.24) is 9.88 Å². The van der Waals surface area contributed by atoms with Crippen molar-refractivity contribution < 1.29 is 5.11 Å². The Bertz CT molecular complexity index is 459. The second kappa shape index (κ2) is 8.11. The quantitative estimate of drug-likeness (QED) is 0.906. The first kappa shape index (κ1) is 16.7. The first-order valence-corrected chi connectivity index (χ1v) is 9.27. The van der Waals surface area contributed by atoms with Gasteiger partial charge in [0.15, 0.2) is 0 Å². The van der Waals surface area contributed by atoms with Crippen LogP contribution in [0.2, 0.25) is 0 Å². The van der Waals surface area contributed by atoms with Crippen LogP contribution in [0.4, 0.5) is 5.69 Å². The standard InChI is InChI=1S/C19H31N3O/c1-21(18-4-2-3-5-19(18)23)13-8-16-9-14-22(15-10-16)17-6-11-20-12-7-17/h6-7,11-12,16,18-19,23H,2-5,8-10,13-15H2,1H3. The second-order valence-corrected chi connectivity index (χ2v) is 7.32. The molecular weight excluding hydrogens is 286 g/mol. The van der Waals surface area contributed by atoms with E-state index in [1.54, 1.807) is 0 Å². The molecule has 0 amide bonds. The third kappa shape index (κ3) is 4.45. The van der Waals surface area contributed by atoms with E-state index in [2.05, 4.69) is 34.0 Å². The molecule has 2 unspecified atom stereocenters. The summed E-state index contributed by atoms with van der Waals surface area (Å²) < 4.78 is 0. The smallest absolute Gasteiger partial charge is 0.0695 e. The molecule has 4 nitrogen and oxygen atoms in total. The molecular formula is C19H31N3O. The Kier molecular flexibility index (Phi) is 5.90. The summed E-state index contributed by atoms with van der Waals surface area (Å²) in [6.45, 7) is 3.44. The fourth-order valence-corrected chi connectivity index (χ4v) is 4.19. The minimum Gasteiger partial charge on any atom is -0.391 e. The van der Waals surface area contributed by atoms with Gasteiger partial charge in [0.05, 0.1) is 6.10 Å². The highest BCUT2D eigenvalue weighted by atomic mass is 16.3. The van der Waals surface area contributed by atoms with Crippen LogP contribution in [-0.4, -0.2) is 53.8 Å². The lowest BCUT2D eigenvalue weighted by atomic mass is 9.90. The maximum Gasteiger partial charge on any atom is 0.0695 e. The number of piperidine rings is 1. The van der Waals surface area contributed by atoms with Crippen molar-refractivity contribution in [3.63, 3.8) is 0 Å². The maximum absolute atomic E-state index is 10.2. The van der Waals surface area contributed by atoms with Gasteiger partial charge < -0.3 is 14.9 Å². The third-order valence-corrected chi connectivity index (χ3v) is 5.79. The highest BCUT2D eigenvalue weighted by Crippen LogP contribution is 2.27. The van der Waals surface area contributed by atoms with Crippen molar-refractivity contribution in [2.45, 2.75) is 57.1 Å². The number of likely N-dealkylation sites (N-methyl/N-ethyl adjacent to an activating group) is 1. The Morgan fingerprint density at radius 3 is 2.52 bits per heavy atom. The zero-order valence-electron chi connectivity index (χ0n) is 14.4. The number of aliphatic hydroxyl groups is 1. The summed E-state index contributed by atoms with van der Waals surface area (Å²) >= 11 is 0. The maximum atomic E-state index is 10.2. The van der Waals surface area contributed by atoms with Gasteiger partial charge in [-0.2, -0.15) is 0 Å². The van der Waals surface area contributed by atoms with Crippen molar-refractivity contribution in [2.75, 3.05) is 31.6 Å². The number of anilines is 1. The number of hydrogen-bond acceptors (Lipinski definition) is 4. The predicted molar refractivity (Wildman–Crippen MR) is 94.7 cm³/mol. The molecule has 23 heavy (non-hydrogen) atoms. The number of rotatable bonds is 5. The van der Waals surface area contributed by atoms with Crippen LogP contribution in [-0.2, 0) is 0 Å². The Morgan fingerprint density at radius 2 is 1.83 bits per heavy atom. The third-order valence-electron chi connectivity index (χ3n) is 5.79. The van der Waals surface area contributed by atoms with E-state index in [-0.39, 0.29) is 6.10 Å². The number of pyridine rings is 1. The molecule has 1 N–H and O–H groups in total. The van der Waals surface area contributed by atoms with Crippen LogP contribution in [0.5, 0.6) is 0 Å². The monoisotopic (exact) mass is 317 g/mol. The molecule has 1 aliphatic carbocycles. The highest BCUT2D eigenvalue weighted by Gasteiger charge is 2.27. The SMILES string of the molecule is CN(CCC1CCN(c2ccncc2)CC1)C1CCCCC1O. The average molecular weight is 317 g/mol. The van der Waals surface area contributed by atoms with Gasteiger partial charge in [0.25, 0.3) is 0 Å². The Balaban J connectivity index is 1.40. The largest absolute Gasteiger partial charge is 0.391 e. The molecule has 0 aromatic carbocycles. The normalized spacial score (nSPS) is 26.7. The lowest BCUT2D eigenvalue weighted by molar-refractivity contribution is 0.0295. The molecule has 0 spiro atoms. The molecule has 0 radical (unpaired) electrons. The van der Waals surface area contributed by atoms with Gasteiger partial charge in [-0.15, -0.1) is 0 Å². The minimum atomic E-state index is -0.109. The van der Waals surface area contributed by atoms with Gasteiger partial charge in [-0.05, 0) is 63.7 Å². The number of nitrogens with zero attached hydrogens (tertiary/aromatic N) is 3. The Labute approximate surface area is 140 Å². The Morgan fingerprint density at radius 1 is 1.13 bits per heavy atom. The van der Waals surface area contributed by atoms with E-state index < -0.39 is 0 Å².